The van der Waals surface area contributed by atoms with Crippen LogP contribution in [0.2, 0.25) is 0 Å². The molecule has 0 radical (unpaired) electrons. The molecule has 5 unspecified atom stereocenters. The van der Waals surface area contributed by atoms with Gasteiger partial charge in [0.25, 0.3) is 0 Å². The zero-order valence-electron chi connectivity index (χ0n) is 10.1. The third kappa shape index (κ3) is 1.99. The van der Waals surface area contributed by atoms with Crippen LogP contribution >= 0.6 is 0 Å². The molecule has 0 heteroatoms. The van der Waals surface area contributed by atoms with E-state index in [1.807, 2.05) is 0 Å². The first-order valence-electron chi connectivity index (χ1n) is 6.68. The molecule has 0 aromatic carbocycles. The summed E-state index contributed by atoms with van der Waals surface area (Å²) in [6.45, 7) is 7.49. The predicted molar refractivity (Wildman–Crippen MR) is 62.2 cm³/mol. The van der Waals surface area contributed by atoms with Gasteiger partial charge in [0.15, 0.2) is 0 Å². The van der Waals surface area contributed by atoms with Gasteiger partial charge in [0.1, 0.15) is 0 Å². The number of hydrogen-bond acceptors (Lipinski definition) is 0. The van der Waals surface area contributed by atoms with Gasteiger partial charge in [0, 0.05) is 0 Å². The monoisotopic (exact) mass is 194 g/mol. The van der Waals surface area contributed by atoms with Gasteiger partial charge < -0.3 is 0 Å². The van der Waals surface area contributed by atoms with Crippen molar-refractivity contribution in [2.24, 2.45) is 29.6 Å². The minimum absolute atomic E-state index is 0.972. The number of hydrogen-bond donors (Lipinski definition) is 0. The maximum absolute atomic E-state index is 2.51. The zero-order chi connectivity index (χ0) is 10.1. The van der Waals surface area contributed by atoms with Gasteiger partial charge in [-0.1, -0.05) is 46.5 Å². The minimum Gasteiger partial charge on any atom is -0.0622 e. The summed E-state index contributed by atoms with van der Waals surface area (Å²) in [6.07, 6.45) is 9.08. The molecule has 0 spiro atoms. The van der Waals surface area contributed by atoms with Crippen molar-refractivity contribution in [1.82, 2.24) is 0 Å². The SMILES string of the molecule is CC1CCCCC2CC(C)C(C2)C1C. The van der Waals surface area contributed by atoms with Crippen molar-refractivity contribution in [3.8, 4) is 0 Å². The molecule has 82 valence electrons. The topological polar surface area (TPSA) is 0 Å². The second kappa shape index (κ2) is 4.24. The van der Waals surface area contributed by atoms with Gasteiger partial charge in [0.05, 0.1) is 0 Å². The van der Waals surface area contributed by atoms with Crippen molar-refractivity contribution in [2.75, 3.05) is 0 Å². The van der Waals surface area contributed by atoms with E-state index >= 15 is 0 Å². The Labute approximate surface area is 89.5 Å². The van der Waals surface area contributed by atoms with Gasteiger partial charge in [-0.15, -0.1) is 0 Å². The van der Waals surface area contributed by atoms with Crippen LogP contribution in [0.3, 0.4) is 0 Å². The second-order valence-electron chi connectivity index (χ2n) is 6.10. The summed E-state index contributed by atoms with van der Waals surface area (Å²) in [4.78, 5) is 0. The van der Waals surface area contributed by atoms with Crippen LogP contribution in [0.25, 0.3) is 0 Å². The molecule has 0 nitrogen and oxygen atoms in total. The Kier molecular flexibility index (Phi) is 3.19. The Balaban J connectivity index is 2.08. The highest BCUT2D eigenvalue weighted by atomic mass is 14.4. The lowest BCUT2D eigenvalue weighted by Gasteiger charge is -2.28. The highest BCUT2D eigenvalue weighted by Gasteiger charge is 2.36. The van der Waals surface area contributed by atoms with Crippen molar-refractivity contribution in [3.05, 3.63) is 0 Å². The summed E-state index contributed by atoms with van der Waals surface area (Å²) in [6, 6.07) is 0. The Morgan fingerprint density at radius 3 is 2.29 bits per heavy atom. The van der Waals surface area contributed by atoms with Crippen molar-refractivity contribution < 1.29 is 0 Å². The minimum atomic E-state index is 0.972. The van der Waals surface area contributed by atoms with Gasteiger partial charge in [-0.25, -0.2) is 0 Å². The average Bonchev–Trinajstić information content (AvgIpc) is 2.54. The van der Waals surface area contributed by atoms with Crippen LogP contribution in [0.5, 0.6) is 0 Å². The van der Waals surface area contributed by atoms with Crippen molar-refractivity contribution in [2.45, 2.75) is 59.3 Å². The highest BCUT2D eigenvalue weighted by Crippen LogP contribution is 2.46. The largest absolute Gasteiger partial charge is 0.0622 e. The van der Waals surface area contributed by atoms with Gasteiger partial charge >= 0.3 is 0 Å². The lowest BCUT2D eigenvalue weighted by Crippen LogP contribution is -2.20. The summed E-state index contributed by atoms with van der Waals surface area (Å²) in [7, 11) is 0. The molecule has 0 saturated heterocycles. The summed E-state index contributed by atoms with van der Waals surface area (Å²) in [5, 5.41) is 0. The van der Waals surface area contributed by atoms with Gasteiger partial charge in [-0.2, -0.15) is 0 Å². The maximum Gasteiger partial charge on any atom is -0.0357 e. The van der Waals surface area contributed by atoms with E-state index in [0.717, 1.165) is 29.6 Å². The van der Waals surface area contributed by atoms with Crippen LogP contribution in [-0.4, -0.2) is 0 Å². The summed E-state index contributed by atoms with van der Waals surface area (Å²) >= 11 is 0. The molecular formula is C14H26. The molecule has 0 amide bonds. The third-order valence-electron chi connectivity index (χ3n) is 5.14. The predicted octanol–water partition coefficient (Wildman–Crippen LogP) is 4.49. The summed E-state index contributed by atoms with van der Waals surface area (Å²) in [5.74, 6) is 5.10. The van der Waals surface area contributed by atoms with E-state index in [4.69, 9.17) is 0 Å². The summed E-state index contributed by atoms with van der Waals surface area (Å²) in [5.41, 5.74) is 0. The molecule has 0 heterocycles. The van der Waals surface area contributed by atoms with Crippen LogP contribution in [0.15, 0.2) is 0 Å². The van der Waals surface area contributed by atoms with E-state index in [0.29, 0.717) is 0 Å². The number of rotatable bonds is 0. The molecule has 2 fully saturated rings. The fourth-order valence-corrected chi connectivity index (χ4v) is 3.97. The molecule has 2 saturated carbocycles. The fourth-order valence-electron chi connectivity index (χ4n) is 3.97. The van der Waals surface area contributed by atoms with Crippen LogP contribution in [0.4, 0.5) is 0 Å². The van der Waals surface area contributed by atoms with Gasteiger partial charge in [0.2, 0.25) is 0 Å². The first-order valence-corrected chi connectivity index (χ1v) is 6.68. The molecule has 0 aromatic rings. The van der Waals surface area contributed by atoms with Gasteiger partial charge in [-0.3, -0.25) is 0 Å². The Morgan fingerprint density at radius 2 is 1.50 bits per heavy atom. The Hall–Kier alpha value is 0. The lowest BCUT2D eigenvalue weighted by molar-refractivity contribution is 0.211. The molecule has 2 aliphatic carbocycles. The normalized spacial score (nSPS) is 49.5. The van der Waals surface area contributed by atoms with Crippen LogP contribution in [0, 0.1) is 29.6 Å². The van der Waals surface area contributed by atoms with Crippen LogP contribution in [-0.2, 0) is 0 Å². The standard InChI is InChI=1S/C14H26/c1-10-6-4-5-7-13-8-11(2)14(9-13)12(10)3/h10-14H,4-9H2,1-3H3. The maximum atomic E-state index is 2.51. The smallest absolute Gasteiger partial charge is 0.0357 e. The first kappa shape index (κ1) is 10.5. The van der Waals surface area contributed by atoms with E-state index in [9.17, 15) is 0 Å². The molecular weight excluding hydrogens is 168 g/mol. The molecule has 2 rings (SSSR count). The molecule has 14 heavy (non-hydrogen) atoms. The van der Waals surface area contributed by atoms with E-state index in [1.54, 1.807) is 6.42 Å². The fraction of sp³-hybridized carbons (Fsp3) is 1.00. The Morgan fingerprint density at radius 1 is 0.786 bits per heavy atom. The quantitative estimate of drug-likeness (QED) is 0.533. The molecule has 0 N–H and O–H groups in total. The first-order chi connectivity index (χ1) is 6.68. The van der Waals surface area contributed by atoms with Crippen molar-refractivity contribution in [1.29, 1.82) is 0 Å². The van der Waals surface area contributed by atoms with E-state index in [-0.39, 0.29) is 0 Å². The van der Waals surface area contributed by atoms with Crippen molar-refractivity contribution in [3.63, 3.8) is 0 Å². The van der Waals surface area contributed by atoms with E-state index in [1.165, 1.54) is 32.1 Å². The van der Waals surface area contributed by atoms with Gasteiger partial charge in [-0.05, 0) is 42.4 Å². The third-order valence-corrected chi connectivity index (χ3v) is 5.14. The van der Waals surface area contributed by atoms with E-state index < -0.39 is 0 Å². The van der Waals surface area contributed by atoms with Crippen molar-refractivity contribution >= 4 is 0 Å². The second-order valence-corrected chi connectivity index (χ2v) is 6.10. The number of fused-ring (bicyclic) bond motifs is 2. The molecule has 5 atom stereocenters. The van der Waals surface area contributed by atoms with Crippen LogP contribution < -0.4 is 0 Å². The molecule has 2 aliphatic rings. The van der Waals surface area contributed by atoms with E-state index in [2.05, 4.69) is 20.8 Å². The molecule has 0 aliphatic heterocycles. The Bertz CT molecular complexity index is 184. The molecule has 2 bridgehead atoms. The van der Waals surface area contributed by atoms with Crippen LogP contribution in [0.1, 0.15) is 59.3 Å². The zero-order valence-corrected chi connectivity index (χ0v) is 10.1. The average molecular weight is 194 g/mol. The highest BCUT2D eigenvalue weighted by molar-refractivity contribution is 4.86. The lowest BCUT2D eigenvalue weighted by atomic mass is 9.77. The summed E-state index contributed by atoms with van der Waals surface area (Å²) < 4.78 is 0. The molecule has 0 aromatic heterocycles.